The number of para-hydroxylation sites is 1. The van der Waals surface area contributed by atoms with Gasteiger partial charge in [0.15, 0.2) is 0 Å². The lowest BCUT2D eigenvalue weighted by Gasteiger charge is -2.18. The first-order valence-corrected chi connectivity index (χ1v) is 7.27. The number of carbonyl (C=O) groups is 3. The maximum absolute atomic E-state index is 12.2. The molecule has 1 fully saturated rings. The molecule has 0 unspecified atom stereocenters. The van der Waals surface area contributed by atoms with Crippen LogP contribution in [-0.2, 0) is 16.1 Å². The van der Waals surface area contributed by atoms with Gasteiger partial charge < -0.3 is 15.2 Å². The van der Waals surface area contributed by atoms with Crippen LogP contribution in [0.15, 0.2) is 29.1 Å². The number of hydrogen-bond acceptors (Lipinski definition) is 5. The van der Waals surface area contributed by atoms with Crippen molar-refractivity contribution in [3.05, 3.63) is 40.4 Å². The number of benzene rings is 1. The van der Waals surface area contributed by atoms with Crippen LogP contribution >= 0.6 is 0 Å². The molecular formula is C15H15N5O4. The first-order chi connectivity index (χ1) is 11.4. The Morgan fingerprint density at radius 3 is 2.71 bits per heavy atom. The standard InChI is InChI=1S/C15H15N5O4/c1-20(12(21)6-10-14(23)19-15(24)17-10)7-11-16-9-5-3-2-4-8(9)13(22)18-11/h2-5,10H,6-7H2,1H3,(H,16,18,22)(H2,17,19,23,24)/t10-/m0/s1. The SMILES string of the molecule is CN(Cc1nc2ccccc2c(=O)[nH]1)C(=O)C[C@@H]1NC(=O)NC1=O. The van der Waals surface area contributed by atoms with Crippen molar-refractivity contribution in [3.8, 4) is 0 Å². The number of amides is 4. The topological polar surface area (TPSA) is 124 Å². The van der Waals surface area contributed by atoms with E-state index in [1.165, 1.54) is 11.9 Å². The Balaban J connectivity index is 1.71. The van der Waals surface area contributed by atoms with Crippen LogP contribution in [0.2, 0.25) is 0 Å². The van der Waals surface area contributed by atoms with Gasteiger partial charge in [-0.3, -0.25) is 19.7 Å². The average molecular weight is 329 g/mol. The highest BCUT2D eigenvalue weighted by Gasteiger charge is 2.32. The smallest absolute Gasteiger partial charge is 0.322 e. The largest absolute Gasteiger partial charge is 0.338 e. The number of rotatable bonds is 4. The van der Waals surface area contributed by atoms with Gasteiger partial charge in [-0.25, -0.2) is 9.78 Å². The summed E-state index contributed by atoms with van der Waals surface area (Å²) in [4.78, 5) is 55.0. The van der Waals surface area contributed by atoms with Gasteiger partial charge in [-0.05, 0) is 12.1 Å². The van der Waals surface area contributed by atoms with Crippen molar-refractivity contribution in [1.29, 1.82) is 0 Å². The Morgan fingerprint density at radius 2 is 2.00 bits per heavy atom. The van der Waals surface area contributed by atoms with E-state index in [1.807, 2.05) is 0 Å². The number of H-pyrrole nitrogens is 1. The number of hydrogen-bond donors (Lipinski definition) is 3. The molecule has 3 rings (SSSR count). The molecule has 3 N–H and O–H groups in total. The van der Waals surface area contributed by atoms with Gasteiger partial charge in [0.25, 0.3) is 11.5 Å². The Kier molecular flexibility index (Phi) is 3.98. The Morgan fingerprint density at radius 1 is 1.25 bits per heavy atom. The minimum absolute atomic E-state index is 0.0845. The van der Waals surface area contributed by atoms with Crippen LogP contribution in [0, 0.1) is 0 Å². The lowest BCUT2D eigenvalue weighted by atomic mass is 10.2. The molecule has 24 heavy (non-hydrogen) atoms. The number of carbonyl (C=O) groups excluding carboxylic acids is 3. The zero-order valence-electron chi connectivity index (χ0n) is 12.8. The molecule has 4 amide bonds. The van der Waals surface area contributed by atoms with Crippen molar-refractivity contribution in [1.82, 2.24) is 25.5 Å². The number of fused-ring (bicyclic) bond motifs is 1. The van der Waals surface area contributed by atoms with Gasteiger partial charge in [0, 0.05) is 7.05 Å². The molecule has 9 nitrogen and oxygen atoms in total. The van der Waals surface area contributed by atoms with Crippen molar-refractivity contribution in [3.63, 3.8) is 0 Å². The summed E-state index contributed by atoms with van der Waals surface area (Å²) in [6.45, 7) is 0.0845. The van der Waals surface area contributed by atoms with Crippen molar-refractivity contribution in [2.24, 2.45) is 0 Å². The van der Waals surface area contributed by atoms with Crippen molar-refractivity contribution < 1.29 is 14.4 Å². The van der Waals surface area contributed by atoms with Crippen LogP contribution in [0.3, 0.4) is 0 Å². The third-order valence-electron chi connectivity index (χ3n) is 3.71. The van der Waals surface area contributed by atoms with Crippen LogP contribution in [-0.4, -0.2) is 45.8 Å². The second kappa shape index (κ2) is 6.11. The third-order valence-corrected chi connectivity index (χ3v) is 3.71. The Labute approximate surface area is 136 Å². The van der Waals surface area contributed by atoms with E-state index >= 15 is 0 Å². The summed E-state index contributed by atoms with van der Waals surface area (Å²) in [6.07, 6.45) is -0.161. The molecule has 0 saturated carbocycles. The highest BCUT2D eigenvalue weighted by Crippen LogP contribution is 2.08. The minimum Gasteiger partial charge on any atom is -0.338 e. The molecule has 0 radical (unpaired) electrons. The van der Waals surface area contributed by atoms with Crippen LogP contribution in [0.25, 0.3) is 10.9 Å². The third kappa shape index (κ3) is 3.09. The van der Waals surface area contributed by atoms with Gasteiger partial charge in [0.1, 0.15) is 11.9 Å². The summed E-state index contributed by atoms with van der Waals surface area (Å²) in [6, 6.07) is 5.41. The predicted molar refractivity (Wildman–Crippen MR) is 83.9 cm³/mol. The van der Waals surface area contributed by atoms with Crippen LogP contribution < -0.4 is 16.2 Å². The summed E-state index contributed by atoms with van der Waals surface area (Å²) < 4.78 is 0. The van der Waals surface area contributed by atoms with E-state index in [1.54, 1.807) is 24.3 Å². The summed E-state index contributed by atoms with van der Waals surface area (Å²) >= 11 is 0. The molecule has 0 spiro atoms. The Bertz CT molecular complexity index is 891. The second-order valence-corrected chi connectivity index (χ2v) is 5.50. The summed E-state index contributed by atoms with van der Waals surface area (Å²) in [5.41, 5.74) is 0.262. The molecule has 1 atom stereocenters. The van der Waals surface area contributed by atoms with E-state index in [0.717, 1.165) is 0 Å². The minimum atomic E-state index is -0.879. The van der Waals surface area contributed by atoms with Gasteiger partial charge in [-0.15, -0.1) is 0 Å². The van der Waals surface area contributed by atoms with Crippen molar-refractivity contribution >= 4 is 28.7 Å². The molecule has 0 bridgehead atoms. The van der Waals surface area contributed by atoms with Crippen LogP contribution in [0.1, 0.15) is 12.2 Å². The quantitative estimate of drug-likeness (QED) is 0.651. The molecule has 2 aromatic rings. The fourth-order valence-corrected chi connectivity index (χ4v) is 2.46. The summed E-state index contributed by atoms with van der Waals surface area (Å²) in [5.74, 6) is -0.540. The zero-order chi connectivity index (χ0) is 17.3. The first-order valence-electron chi connectivity index (χ1n) is 7.27. The predicted octanol–water partition coefficient (Wildman–Crippen LogP) is -0.520. The number of aromatic amines is 1. The van der Waals surface area contributed by atoms with Crippen LogP contribution in [0.5, 0.6) is 0 Å². The fourth-order valence-electron chi connectivity index (χ4n) is 2.46. The maximum Gasteiger partial charge on any atom is 0.322 e. The van der Waals surface area contributed by atoms with E-state index in [2.05, 4.69) is 20.6 Å². The number of nitrogens with zero attached hydrogens (tertiary/aromatic N) is 2. The van der Waals surface area contributed by atoms with Crippen LogP contribution in [0.4, 0.5) is 4.79 Å². The number of urea groups is 1. The zero-order valence-corrected chi connectivity index (χ0v) is 12.8. The molecule has 0 aliphatic carbocycles. The molecule has 2 heterocycles. The van der Waals surface area contributed by atoms with E-state index in [-0.39, 0.29) is 24.4 Å². The number of aromatic nitrogens is 2. The molecule has 1 aromatic heterocycles. The summed E-state index contributed by atoms with van der Waals surface area (Å²) in [7, 11) is 1.53. The van der Waals surface area contributed by atoms with E-state index in [9.17, 15) is 19.2 Å². The van der Waals surface area contributed by atoms with E-state index in [0.29, 0.717) is 16.7 Å². The molecule has 9 heteroatoms. The molecule has 124 valence electrons. The highest BCUT2D eigenvalue weighted by molar-refractivity contribution is 6.05. The van der Waals surface area contributed by atoms with Crippen molar-refractivity contribution in [2.75, 3.05) is 7.05 Å². The van der Waals surface area contributed by atoms with E-state index in [4.69, 9.17) is 0 Å². The molecule has 1 aromatic carbocycles. The maximum atomic E-state index is 12.2. The normalized spacial score (nSPS) is 16.8. The van der Waals surface area contributed by atoms with Gasteiger partial charge in [0.05, 0.1) is 23.9 Å². The van der Waals surface area contributed by atoms with Gasteiger partial charge >= 0.3 is 6.03 Å². The number of imide groups is 1. The van der Waals surface area contributed by atoms with Gasteiger partial charge in [-0.1, -0.05) is 12.1 Å². The average Bonchev–Trinajstić information content (AvgIpc) is 2.85. The van der Waals surface area contributed by atoms with Crippen molar-refractivity contribution in [2.45, 2.75) is 19.0 Å². The molecule has 1 aliphatic rings. The molecular weight excluding hydrogens is 314 g/mol. The first kappa shape index (κ1) is 15.7. The fraction of sp³-hybridized carbons (Fsp3) is 0.267. The van der Waals surface area contributed by atoms with Gasteiger partial charge in [0.2, 0.25) is 5.91 Å². The lowest BCUT2D eigenvalue weighted by Crippen LogP contribution is -2.37. The molecule has 1 saturated heterocycles. The van der Waals surface area contributed by atoms with E-state index < -0.39 is 18.0 Å². The highest BCUT2D eigenvalue weighted by atomic mass is 16.2. The number of nitrogens with one attached hydrogen (secondary N) is 3. The monoisotopic (exact) mass is 329 g/mol. The second-order valence-electron chi connectivity index (χ2n) is 5.50. The lowest BCUT2D eigenvalue weighted by molar-refractivity contribution is -0.133. The Hall–Kier alpha value is -3.23. The van der Waals surface area contributed by atoms with Gasteiger partial charge in [-0.2, -0.15) is 0 Å². The molecule has 1 aliphatic heterocycles. The summed E-state index contributed by atoms with van der Waals surface area (Å²) in [5, 5.41) is 4.91.